The van der Waals surface area contributed by atoms with Crippen molar-refractivity contribution in [1.29, 1.82) is 0 Å². The second-order valence-electron chi connectivity index (χ2n) is 11.8. The Kier molecular flexibility index (Phi) is 5.27. The molecule has 6 heteroatoms. The van der Waals surface area contributed by atoms with Crippen molar-refractivity contribution in [2.75, 3.05) is 34.5 Å². The highest BCUT2D eigenvalue weighted by atomic mass is 16.7. The van der Waals surface area contributed by atoms with Crippen molar-refractivity contribution in [1.82, 2.24) is 0 Å². The number of likely N-dealkylation sites (N-methyl/N-ethyl adjacent to an activating group) is 1. The van der Waals surface area contributed by atoms with Crippen molar-refractivity contribution in [2.24, 2.45) is 5.92 Å². The third-order valence-corrected chi connectivity index (χ3v) is 8.53. The van der Waals surface area contributed by atoms with Gasteiger partial charge in [-0.3, -0.25) is 0 Å². The molecule has 2 aromatic carbocycles. The van der Waals surface area contributed by atoms with Crippen LogP contribution >= 0.6 is 0 Å². The van der Waals surface area contributed by atoms with Gasteiger partial charge in [0.1, 0.15) is 17.0 Å². The maximum absolute atomic E-state index is 6.88. The minimum absolute atomic E-state index is 0.0394. The van der Waals surface area contributed by atoms with Crippen molar-refractivity contribution >= 4 is 0 Å². The van der Waals surface area contributed by atoms with Gasteiger partial charge in [0.15, 0.2) is 17.5 Å². The smallest absolute Gasteiger partial charge is 0.231 e. The predicted molar refractivity (Wildman–Crippen MR) is 136 cm³/mol. The SMILES string of the molecule is COc1c2c(cc3c1[C@H](C#C[C@@]1(C)CC[C@H]4[C@H](O1)c1ccccc1OC4(C)C)[N+](C)(C)CC3)OCO2. The van der Waals surface area contributed by atoms with Crippen LogP contribution in [-0.2, 0) is 11.2 Å². The molecule has 0 N–H and O–H groups in total. The van der Waals surface area contributed by atoms with Crippen LogP contribution in [0, 0.1) is 17.8 Å². The first-order valence-corrected chi connectivity index (χ1v) is 12.9. The fourth-order valence-corrected chi connectivity index (χ4v) is 6.40. The highest BCUT2D eigenvalue weighted by molar-refractivity contribution is 5.62. The molecule has 0 saturated carbocycles. The summed E-state index contributed by atoms with van der Waals surface area (Å²) in [5.41, 5.74) is 2.62. The third-order valence-electron chi connectivity index (χ3n) is 8.53. The van der Waals surface area contributed by atoms with E-state index in [0.29, 0.717) is 5.75 Å². The molecule has 0 amide bonds. The maximum Gasteiger partial charge on any atom is 0.231 e. The van der Waals surface area contributed by atoms with Gasteiger partial charge in [0.2, 0.25) is 12.5 Å². The Morgan fingerprint density at radius 3 is 2.69 bits per heavy atom. The van der Waals surface area contributed by atoms with Crippen molar-refractivity contribution in [3.05, 3.63) is 47.0 Å². The summed E-state index contributed by atoms with van der Waals surface area (Å²) in [5, 5.41) is 0. The van der Waals surface area contributed by atoms with E-state index in [1.165, 1.54) is 5.56 Å². The number of ether oxygens (including phenoxy) is 5. The topological polar surface area (TPSA) is 46.2 Å². The molecule has 6 rings (SSSR count). The van der Waals surface area contributed by atoms with Gasteiger partial charge in [-0.2, -0.15) is 0 Å². The van der Waals surface area contributed by atoms with Crippen molar-refractivity contribution in [3.8, 4) is 34.8 Å². The molecule has 4 aliphatic rings. The number of para-hydroxylation sites is 1. The van der Waals surface area contributed by atoms with Crippen LogP contribution in [0.3, 0.4) is 0 Å². The monoisotopic (exact) mass is 490 g/mol. The first-order chi connectivity index (χ1) is 17.1. The van der Waals surface area contributed by atoms with E-state index in [0.717, 1.165) is 58.7 Å². The van der Waals surface area contributed by atoms with Gasteiger partial charge in [-0.1, -0.05) is 24.1 Å². The van der Waals surface area contributed by atoms with Crippen LogP contribution in [0.1, 0.15) is 62.4 Å². The Bertz CT molecular complexity index is 1270. The number of quaternary nitrogens is 1. The van der Waals surface area contributed by atoms with E-state index in [1.54, 1.807) is 7.11 Å². The molecule has 4 aliphatic heterocycles. The summed E-state index contributed by atoms with van der Waals surface area (Å²) in [5.74, 6) is 10.7. The summed E-state index contributed by atoms with van der Waals surface area (Å²) in [6.07, 6.45) is 2.76. The summed E-state index contributed by atoms with van der Waals surface area (Å²) in [6.45, 7) is 7.69. The molecule has 1 saturated heterocycles. The molecule has 0 radical (unpaired) electrons. The van der Waals surface area contributed by atoms with Crippen LogP contribution in [0.5, 0.6) is 23.0 Å². The summed E-state index contributed by atoms with van der Waals surface area (Å²) < 4.78 is 31.4. The zero-order valence-corrected chi connectivity index (χ0v) is 22.1. The summed E-state index contributed by atoms with van der Waals surface area (Å²) >= 11 is 0. The van der Waals surface area contributed by atoms with E-state index >= 15 is 0 Å². The lowest BCUT2D eigenvalue weighted by molar-refractivity contribution is -0.914. The van der Waals surface area contributed by atoms with Crippen LogP contribution in [0.25, 0.3) is 0 Å². The fourth-order valence-electron chi connectivity index (χ4n) is 6.40. The molecule has 4 atom stereocenters. The Balaban J connectivity index is 1.38. The Morgan fingerprint density at radius 2 is 1.89 bits per heavy atom. The van der Waals surface area contributed by atoms with E-state index < -0.39 is 5.60 Å². The second-order valence-corrected chi connectivity index (χ2v) is 11.8. The summed E-state index contributed by atoms with van der Waals surface area (Å²) in [6, 6.07) is 10.3. The summed E-state index contributed by atoms with van der Waals surface area (Å²) in [7, 11) is 6.18. The van der Waals surface area contributed by atoms with Gasteiger partial charge in [0.05, 0.1) is 39.4 Å². The first-order valence-electron chi connectivity index (χ1n) is 12.9. The second kappa shape index (κ2) is 8.06. The molecule has 0 aliphatic carbocycles. The van der Waals surface area contributed by atoms with Gasteiger partial charge in [-0.15, -0.1) is 0 Å². The number of fused-ring (bicyclic) bond motifs is 5. The standard InChI is InChI=1S/C30H36NO5/c1-29(2)21-11-14-30(3,36-26(21)20-9-7-8-10-23(20)35-29)15-12-22-25-19(13-16-31(22,4)5)17-24-27(28(25)32-6)34-18-33-24/h7-10,17,21-22,26H,11,13-14,16,18H2,1-6H3/q+1/t21-,22-,26+,30+/m0/s1. The average molecular weight is 491 g/mol. The van der Waals surface area contributed by atoms with Crippen molar-refractivity contribution in [3.63, 3.8) is 0 Å². The average Bonchev–Trinajstić information content (AvgIpc) is 3.30. The lowest BCUT2D eigenvalue weighted by Crippen LogP contribution is -2.51. The number of hydrogen-bond donors (Lipinski definition) is 0. The highest BCUT2D eigenvalue weighted by Crippen LogP contribution is 2.53. The van der Waals surface area contributed by atoms with Gasteiger partial charge in [0.25, 0.3) is 0 Å². The molecule has 4 heterocycles. The summed E-state index contributed by atoms with van der Waals surface area (Å²) in [4.78, 5) is 0. The minimum Gasteiger partial charge on any atom is -0.492 e. The Morgan fingerprint density at radius 1 is 1.08 bits per heavy atom. The van der Waals surface area contributed by atoms with Crippen molar-refractivity contribution in [2.45, 2.75) is 63.4 Å². The van der Waals surface area contributed by atoms with Gasteiger partial charge in [-0.25, -0.2) is 0 Å². The maximum atomic E-state index is 6.88. The number of hydrogen-bond acceptors (Lipinski definition) is 5. The van der Waals surface area contributed by atoms with Gasteiger partial charge < -0.3 is 28.2 Å². The number of methoxy groups -OCH3 is 1. The van der Waals surface area contributed by atoms with Gasteiger partial charge in [-0.05, 0) is 57.2 Å². The van der Waals surface area contributed by atoms with Crippen LogP contribution < -0.4 is 18.9 Å². The molecule has 190 valence electrons. The lowest BCUT2D eigenvalue weighted by Gasteiger charge is -2.50. The highest BCUT2D eigenvalue weighted by Gasteiger charge is 2.50. The van der Waals surface area contributed by atoms with Crippen LogP contribution in [0.2, 0.25) is 0 Å². The zero-order valence-electron chi connectivity index (χ0n) is 22.1. The largest absolute Gasteiger partial charge is 0.492 e. The van der Waals surface area contributed by atoms with Crippen molar-refractivity contribution < 1.29 is 28.2 Å². The molecule has 1 fully saturated rings. The van der Waals surface area contributed by atoms with Crippen LogP contribution in [0.15, 0.2) is 30.3 Å². The predicted octanol–water partition coefficient (Wildman–Crippen LogP) is 5.20. The first kappa shape index (κ1) is 23.5. The molecular formula is C30H36NO5+. The van der Waals surface area contributed by atoms with Gasteiger partial charge >= 0.3 is 0 Å². The van der Waals surface area contributed by atoms with E-state index in [2.05, 4.69) is 64.9 Å². The molecule has 0 unspecified atom stereocenters. The third kappa shape index (κ3) is 3.64. The van der Waals surface area contributed by atoms with Gasteiger partial charge in [0, 0.05) is 17.9 Å². The molecule has 6 nitrogen and oxygen atoms in total. The molecule has 36 heavy (non-hydrogen) atoms. The van der Waals surface area contributed by atoms with E-state index in [1.807, 2.05) is 12.1 Å². The quantitative estimate of drug-likeness (QED) is 0.406. The zero-order chi connectivity index (χ0) is 25.3. The Labute approximate surface area is 214 Å². The number of nitrogens with zero attached hydrogens (tertiary/aromatic N) is 1. The molecule has 0 bridgehead atoms. The van der Waals surface area contributed by atoms with E-state index in [4.69, 9.17) is 23.7 Å². The van der Waals surface area contributed by atoms with E-state index in [9.17, 15) is 0 Å². The van der Waals surface area contributed by atoms with Crippen LogP contribution in [-0.4, -0.2) is 50.2 Å². The number of benzene rings is 2. The van der Waals surface area contributed by atoms with E-state index in [-0.39, 0.29) is 30.5 Å². The minimum atomic E-state index is -0.553. The molecular weight excluding hydrogens is 454 g/mol. The van der Waals surface area contributed by atoms with Crippen LogP contribution in [0.4, 0.5) is 0 Å². The molecule has 2 aromatic rings. The molecule has 0 spiro atoms. The number of rotatable bonds is 1. The fraction of sp³-hybridized carbons (Fsp3) is 0.533. The Hall–Kier alpha value is -2.88. The molecule has 0 aromatic heterocycles. The normalized spacial score (nSPS) is 30.6. The lowest BCUT2D eigenvalue weighted by atomic mass is 9.73.